The number of nitrogens with one attached hydrogen (secondary N) is 1. The van der Waals surface area contributed by atoms with E-state index in [2.05, 4.69) is 21.2 Å². The van der Waals surface area contributed by atoms with Crippen LogP contribution in [-0.4, -0.2) is 30.9 Å². The van der Waals surface area contributed by atoms with Crippen molar-refractivity contribution in [2.45, 2.75) is 13.5 Å². The fourth-order valence-electron chi connectivity index (χ4n) is 1.23. The lowest BCUT2D eigenvalue weighted by atomic mass is 10.2. The maximum absolute atomic E-state index is 11.5. The Bertz CT molecular complexity index is 337. The van der Waals surface area contributed by atoms with Crippen molar-refractivity contribution in [1.29, 1.82) is 0 Å². The van der Waals surface area contributed by atoms with Gasteiger partial charge in [0.05, 0.1) is 6.54 Å². The van der Waals surface area contributed by atoms with Gasteiger partial charge in [0.2, 0.25) is 5.91 Å². The molecule has 3 nitrogen and oxygen atoms in total. The molecule has 0 spiro atoms. The lowest BCUT2D eigenvalue weighted by Gasteiger charge is -2.14. The minimum atomic E-state index is 0.125. The monoisotopic (exact) mass is 284 g/mol. The van der Waals surface area contributed by atoms with Crippen LogP contribution in [0.4, 0.5) is 0 Å². The molecule has 4 heteroatoms. The predicted octanol–water partition coefficient (Wildman–Crippen LogP) is 2.02. The summed E-state index contributed by atoms with van der Waals surface area (Å²) in [7, 11) is 1.81. The largest absolute Gasteiger partial charge is 0.345 e. The maximum atomic E-state index is 11.5. The number of carbonyl (C=O) groups is 1. The molecule has 0 aliphatic rings. The molecule has 16 heavy (non-hydrogen) atoms. The number of likely N-dealkylation sites (N-methyl/N-ethyl adjacent to an activating group) is 1. The van der Waals surface area contributed by atoms with E-state index in [1.165, 1.54) is 5.56 Å². The number of hydrogen-bond donors (Lipinski definition) is 1. The first-order valence-electron chi connectivity index (χ1n) is 5.32. The first kappa shape index (κ1) is 13.2. The molecule has 0 aliphatic heterocycles. The fourth-order valence-corrected chi connectivity index (χ4v) is 1.49. The Morgan fingerprint density at radius 1 is 1.38 bits per heavy atom. The van der Waals surface area contributed by atoms with Crippen LogP contribution in [0, 0.1) is 0 Å². The minimum absolute atomic E-state index is 0.125. The van der Waals surface area contributed by atoms with Gasteiger partial charge in [-0.3, -0.25) is 4.79 Å². The first-order chi connectivity index (χ1) is 7.63. The van der Waals surface area contributed by atoms with E-state index in [4.69, 9.17) is 0 Å². The van der Waals surface area contributed by atoms with Crippen LogP contribution in [0.3, 0.4) is 0 Å². The van der Waals surface area contributed by atoms with Crippen molar-refractivity contribution in [1.82, 2.24) is 10.2 Å². The fraction of sp³-hybridized carbons (Fsp3) is 0.417. The topological polar surface area (TPSA) is 32.3 Å². The summed E-state index contributed by atoms with van der Waals surface area (Å²) in [4.78, 5) is 13.2. The molecule has 0 saturated carbocycles. The molecule has 0 bridgehead atoms. The van der Waals surface area contributed by atoms with Crippen LogP contribution in [0.25, 0.3) is 0 Å². The predicted molar refractivity (Wildman–Crippen MR) is 69.2 cm³/mol. The Hall–Kier alpha value is -0.870. The molecule has 0 unspecified atom stereocenters. The van der Waals surface area contributed by atoms with E-state index in [9.17, 15) is 4.79 Å². The van der Waals surface area contributed by atoms with E-state index >= 15 is 0 Å². The zero-order valence-corrected chi connectivity index (χ0v) is 11.3. The van der Waals surface area contributed by atoms with Gasteiger partial charge in [-0.15, -0.1) is 0 Å². The van der Waals surface area contributed by atoms with Gasteiger partial charge in [-0.05, 0) is 24.6 Å². The van der Waals surface area contributed by atoms with E-state index < -0.39 is 0 Å². The Kier molecular flexibility index (Phi) is 5.49. The number of halogens is 1. The van der Waals surface area contributed by atoms with Gasteiger partial charge in [-0.2, -0.15) is 0 Å². The normalized spacial score (nSPS) is 10.2. The highest BCUT2D eigenvalue weighted by Gasteiger charge is 2.04. The van der Waals surface area contributed by atoms with E-state index in [1.807, 2.05) is 38.2 Å². The van der Waals surface area contributed by atoms with Gasteiger partial charge in [0.1, 0.15) is 0 Å². The molecule has 0 atom stereocenters. The van der Waals surface area contributed by atoms with Gasteiger partial charge >= 0.3 is 0 Å². The van der Waals surface area contributed by atoms with Crippen molar-refractivity contribution in [2.24, 2.45) is 0 Å². The molecule has 1 N–H and O–H groups in total. The third-order valence-corrected chi connectivity index (χ3v) is 2.95. The SMILES string of the molecule is CCN(C)C(=O)CNCc1ccc(Br)cc1. The van der Waals surface area contributed by atoms with Gasteiger partial charge in [0.15, 0.2) is 0 Å². The van der Waals surface area contributed by atoms with Crippen molar-refractivity contribution >= 4 is 21.8 Å². The summed E-state index contributed by atoms with van der Waals surface area (Å²) < 4.78 is 1.07. The van der Waals surface area contributed by atoms with Crippen LogP contribution in [-0.2, 0) is 11.3 Å². The van der Waals surface area contributed by atoms with Crippen LogP contribution in [0.15, 0.2) is 28.7 Å². The lowest BCUT2D eigenvalue weighted by Crippen LogP contribution is -2.35. The number of rotatable bonds is 5. The molecule has 1 amide bonds. The molecule has 0 heterocycles. The van der Waals surface area contributed by atoms with Gasteiger partial charge in [0, 0.05) is 24.6 Å². The van der Waals surface area contributed by atoms with Crippen LogP contribution in [0.2, 0.25) is 0 Å². The summed E-state index contributed by atoms with van der Waals surface area (Å²) in [5.74, 6) is 0.125. The summed E-state index contributed by atoms with van der Waals surface area (Å²) in [5.41, 5.74) is 1.18. The van der Waals surface area contributed by atoms with Crippen LogP contribution in [0.5, 0.6) is 0 Å². The average molecular weight is 285 g/mol. The minimum Gasteiger partial charge on any atom is -0.345 e. The third kappa shape index (κ3) is 4.33. The standard InChI is InChI=1S/C12H17BrN2O/c1-3-15(2)12(16)9-14-8-10-4-6-11(13)7-5-10/h4-7,14H,3,8-9H2,1-2H3. The highest BCUT2D eigenvalue weighted by molar-refractivity contribution is 9.10. The summed E-state index contributed by atoms with van der Waals surface area (Å²) in [6.07, 6.45) is 0. The number of amides is 1. The number of carbonyl (C=O) groups excluding carboxylic acids is 1. The Labute approximate surface area is 105 Å². The Morgan fingerprint density at radius 2 is 2.00 bits per heavy atom. The van der Waals surface area contributed by atoms with Crippen LogP contribution < -0.4 is 5.32 Å². The van der Waals surface area contributed by atoms with E-state index in [0.717, 1.165) is 17.6 Å². The molecule has 0 aliphatic carbocycles. The van der Waals surface area contributed by atoms with E-state index in [1.54, 1.807) is 4.90 Å². The number of hydrogen-bond acceptors (Lipinski definition) is 2. The molecular weight excluding hydrogens is 268 g/mol. The Morgan fingerprint density at radius 3 is 2.56 bits per heavy atom. The van der Waals surface area contributed by atoms with Crippen molar-refractivity contribution in [3.8, 4) is 0 Å². The molecule has 88 valence electrons. The van der Waals surface area contributed by atoms with Gasteiger partial charge < -0.3 is 10.2 Å². The van der Waals surface area contributed by atoms with Crippen molar-refractivity contribution in [3.05, 3.63) is 34.3 Å². The third-order valence-electron chi connectivity index (χ3n) is 2.42. The molecule has 1 aromatic carbocycles. The quantitative estimate of drug-likeness (QED) is 0.897. The van der Waals surface area contributed by atoms with Crippen molar-refractivity contribution in [2.75, 3.05) is 20.1 Å². The van der Waals surface area contributed by atoms with Gasteiger partial charge in [0.25, 0.3) is 0 Å². The molecule has 0 saturated heterocycles. The molecule has 1 aromatic rings. The zero-order valence-electron chi connectivity index (χ0n) is 9.66. The second-order valence-corrected chi connectivity index (χ2v) is 4.55. The second kappa shape index (κ2) is 6.66. The molecule has 0 aromatic heterocycles. The van der Waals surface area contributed by atoms with E-state index in [-0.39, 0.29) is 5.91 Å². The molecular formula is C12H17BrN2O. The zero-order chi connectivity index (χ0) is 12.0. The summed E-state index contributed by atoms with van der Waals surface area (Å²) >= 11 is 3.38. The van der Waals surface area contributed by atoms with Gasteiger partial charge in [-0.1, -0.05) is 28.1 Å². The molecule has 1 rings (SSSR count). The maximum Gasteiger partial charge on any atom is 0.236 e. The average Bonchev–Trinajstić information content (AvgIpc) is 2.30. The lowest BCUT2D eigenvalue weighted by molar-refractivity contribution is -0.128. The number of benzene rings is 1. The highest BCUT2D eigenvalue weighted by Crippen LogP contribution is 2.09. The highest BCUT2D eigenvalue weighted by atomic mass is 79.9. The molecule has 0 radical (unpaired) electrons. The van der Waals surface area contributed by atoms with Crippen molar-refractivity contribution in [3.63, 3.8) is 0 Å². The van der Waals surface area contributed by atoms with E-state index in [0.29, 0.717) is 6.54 Å². The van der Waals surface area contributed by atoms with Crippen LogP contribution >= 0.6 is 15.9 Å². The second-order valence-electron chi connectivity index (χ2n) is 3.64. The summed E-state index contributed by atoms with van der Waals surface area (Å²) in [6, 6.07) is 8.06. The molecule has 0 fully saturated rings. The Balaban J connectivity index is 2.30. The summed E-state index contributed by atoms with van der Waals surface area (Å²) in [6.45, 7) is 3.82. The van der Waals surface area contributed by atoms with Crippen LogP contribution in [0.1, 0.15) is 12.5 Å². The van der Waals surface area contributed by atoms with Gasteiger partial charge in [-0.25, -0.2) is 0 Å². The first-order valence-corrected chi connectivity index (χ1v) is 6.12. The van der Waals surface area contributed by atoms with Crippen molar-refractivity contribution < 1.29 is 4.79 Å². The number of nitrogens with zero attached hydrogens (tertiary/aromatic N) is 1. The smallest absolute Gasteiger partial charge is 0.236 e. The summed E-state index contributed by atoms with van der Waals surface area (Å²) in [5, 5.41) is 3.13.